The number of rotatable bonds is 20. The first kappa shape index (κ1) is 65.3. The number of aryl methyl sites for hydroxylation is 2. The molecule has 0 saturated carbocycles. The minimum Gasteiger partial charge on any atom is -0.477 e. The average molecular weight is 1130 g/mol. The van der Waals surface area contributed by atoms with E-state index in [1.807, 2.05) is 25.9 Å². The number of aromatic carboxylic acids is 1. The van der Waals surface area contributed by atoms with Crippen LogP contribution in [0.4, 0.5) is 4.39 Å². The highest BCUT2D eigenvalue weighted by atomic mass is 32.2. The number of methoxy groups -OCH3 is 2. The second-order valence-corrected chi connectivity index (χ2v) is 24.4. The Morgan fingerprint density at radius 1 is 0.936 bits per heavy atom. The Labute approximate surface area is 458 Å². The fraction of sp³-hybridized carbons (Fsp3) is 0.782. The number of carboxylic acid groups (broad SMARTS) is 1. The van der Waals surface area contributed by atoms with Gasteiger partial charge in [0, 0.05) is 62.6 Å². The van der Waals surface area contributed by atoms with Crippen LogP contribution in [0, 0.1) is 23.7 Å². The van der Waals surface area contributed by atoms with Crippen molar-refractivity contribution in [1.29, 1.82) is 0 Å². The van der Waals surface area contributed by atoms with Crippen LogP contribution in [0.1, 0.15) is 117 Å². The molecule has 3 fully saturated rings. The molecule has 23 heteroatoms. The van der Waals surface area contributed by atoms with E-state index in [2.05, 4.69) is 5.32 Å². The Kier molecular flexibility index (Phi) is 22.6. The number of benzene rings is 1. The van der Waals surface area contributed by atoms with Crippen molar-refractivity contribution in [2.75, 3.05) is 53.8 Å². The maximum absolute atomic E-state index is 14.6. The highest BCUT2D eigenvalue weighted by Gasteiger charge is 2.55. The molecular weight excluding hydrogens is 1040 g/mol. The number of carboxylic acids is 1. The van der Waals surface area contributed by atoms with Crippen molar-refractivity contribution in [2.45, 2.75) is 199 Å². The summed E-state index contributed by atoms with van der Waals surface area (Å²) in [6, 6.07) is 4.66. The fourth-order valence-corrected chi connectivity index (χ4v) is 12.9. The first-order valence-electron chi connectivity index (χ1n) is 27.2. The number of hydrogen-bond donors (Lipinski definition) is 5. The minimum absolute atomic E-state index is 0.0153. The van der Waals surface area contributed by atoms with Gasteiger partial charge in [-0.2, -0.15) is 8.42 Å². The van der Waals surface area contributed by atoms with E-state index in [1.54, 1.807) is 66.7 Å². The summed E-state index contributed by atoms with van der Waals surface area (Å²) in [5.41, 5.74) is -4.76. The average Bonchev–Trinajstić information content (AvgIpc) is 3.40. The number of aromatic nitrogens is 1. The van der Waals surface area contributed by atoms with Gasteiger partial charge < -0.3 is 68.4 Å². The van der Waals surface area contributed by atoms with Gasteiger partial charge >= 0.3 is 11.9 Å². The van der Waals surface area contributed by atoms with Crippen LogP contribution in [-0.2, 0) is 70.0 Å². The van der Waals surface area contributed by atoms with Gasteiger partial charge in [-0.15, -0.1) is 0 Å². The standard InChI is InChI=1S/C55H88FN3O18S/c1-15-41-55(10,67)47(63)32(4)43(60)30(2)27-53(8,70-13)48(76-52-45(62)40(58(11)12)25-31(3)72-52)33(5)46(34(6)51(66)74-41)75-42-28-54(9,71-14)49(35(7)73-42)77-78(68,69)24-22-57-21-16-17-36-18-19-39-37(26-36)44(61)38(50(64)65)29-59(39)23-20-56/h18-19,26,29-35,40-42,45-49,52,57,62-63,67H,15-17,20-25,27-28H2,1-14H3,(H,64,65)/t30-,31-,32+,33+,34-,35+,40+,41-,42+,45-,46+,47-,48-,49+,52+,53-,54-,55-/m1/s1. The first-order valence-corrected chi connectivity index (χ1v) is 28.8. The molecule has 3 saturated heterocycles. The van der Waals surface area contributed by atoms with Crippen LogP contribution in [0.3, 0.4) is 0 Å². The lowest BCUT2D eigenvalue weighted by molar-refractivity contribution is -0.317. The Hall–Kier alpha value is -3.56. The molecule has 21 nitrogen and oxygen atoms in total. The third-order valence-corrected chi connectivity index (χ3v) is 17.7. The molecular formula is C55H88FN3O18S. The number of carbonyl (C=O) groups excluding carboxylic acids is 2. The molecule has 1 aromatic heterocycles. The van der Waals surface area contributed by atoms with Gasteiger partial charge in [0.1, 0.15) is 41.9 Å². The van der Waals surface area contributed by atoms with Gasteiger partial charge in [-0.05, 0) is 112 Å². The van der Waals surface area contributed by atoms with Gasteiger partial charge in [0.05, 0.1) is 65.5 Å². The highest BCUT2D eigenvalue weighted by molar-refractivity contribution is 7.86. The number of ether oxygens (including phenoxy) is 7. The molecule has 78 heavy (non-hydrogen) atoms. The minimum atomic E-state index is -4.23. The number of alkyl halides is 1. The summed E-state index contributed by atoms with van der Waals surface area (Å²) in [4.78, 5) is 55.4. The molecule has 0 unspecified atom stereocenters. The SMILES string of the molecule is CC[C@H]1OC(=O)[C@H](C)[C@@H](O[C@H]2C[C@@](C)(OC)[C@@H](OS(=O)(=O)CCNCCCc3ccc4c(c3)c(=O)c(C(=O)O)cn4CCF)[C@H](C)O2)[C@H](C)[C@@H](O[C@@H]2O[C@H](C)C[C@H](N(C)C)[C@H]2O)[C@](C)(OC)C[C@@H](C)C(=O)[C@H](C)[C@@H](O)[C@]1(C)O. The van der Waals surface area contributed by atoms with Crippen LogP contribution in [0.15, 0.2) is 29.2 Å². The van der Waals surface area contributed by atoms with Crippen LogP contribution in [0.5, 0.6) is 0 Å². The summed E-state index contributed by atoms with van der Waals surface area (Å²) in [6.45, 7) is 16.0. The summed E-state index contributed by atoms with van der Waals surface area (Å²) < 4.78 is 92.8. The third kappa shape index (κ3) is 14.9. The van der Waals surface area contributed by atoms with E-state index in [4.69, 9.17) is 37.3 Å². The van der Waals surface area contributed by atoms with E-state index in [0.29, 0.717) is 31.3 Å². The van der Waals surface area contributed by atoms with Crippen molar-refractivity contribution in [2.24, 2.45) is 23.7 Å². The lowest BCUT2D eigenvalue weighted by atomic mass is 9.74. The molecule has 5 rings (SSSR count). The second kappa shape index (κ2) is 27.0. The summed E-state index contributed by atoms with van der Waals surface area (Å²) >= 11 is 0. The van der Waals surface area contributed by atoms with Crippen LogP contribution in [-0.4, -0.2) is 194 Å². The molecule has 0 aliphatic carbocycles. The molecule has 5 N–H and O–H groups in total. The largest absolute Gasteiger partial charge is 0.477 e. The number of hydrogen-bond acceptors (Lipinski definition) is 19. The van der Waals surface area contributed by atoms with E-state index in [9.17, 15) is 52.4 Å². The maximum Gasteiger partial charge on any atom is 0.341 e. The van der Waals surface area contributed by atoms with Crippen molar-refractivity contribution < 1.29 is 85.0 Å². The molecule has 0 radical (unpaired) electrons. The Balaban J connectivity index is 1.37. The molecule has 1 aromatic carbocycles. The number of halogens is 1. The number of cyclic esters (lactones) is 1. The van der Waals surface area contributed by atoms with E-state index in [1.165, 1.54) is 32.6 Å². The molecule has 4 heterocycles. The predicted octanol–water partition coefficient (Wildman–Crippen LogP) is 4.00. The lowest BCUT2D eigenvalue weighted by Crippen LogP contribution is -2.62. The van der Waals surface area contributed by atoms with Crippen molar-refractivity contribution >= 4 is 38.7 Å². The van der Waals surface area contributed by atoms with Crippen LogP contribution in [0.2, 0.25) is 0 Å². The molecule has 3 aliphatic rings. The molecule has 2 aromatic rings. The second-order valence-electron chi connectivity index (χ2n) is 22.7. The van der Waals surface area contributed by atoms with Crippen LogP contribution >= 0.6 is 0 Å². The van der Waals surface area contributed by atoms with Gasteiger partial charge in [-0.3, -0.25) is 18.6 Å². The van der Waals surface area contributed by atoms with E-state index >= 15 is 0 Å². The van der Waals surface area contributed by atoms with E-state index in [-0.39, 0.29) is 55.7 Å². The number of fused-ring (bicyclic) bond motifs is 1. The maximum atomic E-state index is 14.6. The topological polar surface area (TPSA) is 277 Å². The Bertz CT molecular complexity index is 2530. The molecule has 0 bridgehead atoms. The Morgan fingerprint density at radius 2 is 1.59 bits per heavy atom. The zero-order chi connectivity index (χ0) is 58.4. The number of pyridine rings is 1. The zero-order valence-electron chi connectivity index (χ0n) is 47.9. The number of carbonyl (C=O) groups is 3. The fourth-order valence-electron chi connectivity index (χ4n) is 11.7. The molecule has 444 valence electrons. The van der Waals surface area contributed by atoms with Crippen molar-refractivity contribution in [3.05, 3.63) is 45.7 Å². The number of nitrogens with one attached hydrogen (secondary N) is 1. The summed E-state index contributed by atoms with van der Waals surface area (Å²) in [5.74, 6) is -6.91. The smallest absolute Gasteiger partial charge is 0.341 e. The predicted molar refractivity (Wildman–Crippen MR) is 286 cm³/mol. The van der Waals surface area contributed by atoms with Gasteiger partial charge in [0.2, 0.25) is 5.43 Å². The summed E-state index contributed by atoms with van der Waals surface area (Å²) in [7, 11) is 2.32. The number of likely N-dealkylation sites (N-methyl/N-ethyl adjacent to an activating group) is 1. The van der Waals surface area contributed by atoms with Gasteiger partial charge in [-0.25, -0.2) is 9.18 Å². The number of nitrogens with zero attached hydrogens (tertiary/aromatic N) is 2. The normalized spacial score (nSPS) is 36.8. The number of ketones is 1. The van der Waals surface area contributed by atoms with Crippen molar-refractivity contribution in [3.8, 4) is 0 Å². The summed E-state index contributed by atoms with van der Waals surface area (Å²) in [5, 5.41) is 48.1. The summed E-state index contributed by atoms with van der Waals surface area (Å²) in [6.07, 6.45) is -8.56. The number of aliphatic hydroxyl groups excluding tert-OH is 2. The van der Waals surface area contributed by atoms with Gasteiger partial charge in [0.25, 0.3) is 10.1 Å². The third-order valence-electron chi connectivity index (χ3n) is 16.5. The zero-order valence-corrected chi connectivity index (χ0v) is 48.7. The van der Waals surface area contributed by atoms with Crippen LogP contribution < -0.4 is 10.7 Å². The first-order chi connectivity index (χ1) is 36.4. The van der Waals surface area contributed by atoms with Crippen LogP contribution in [0.25, 0.3) is 10.9 Å². The number of esters is 1. The molecule has 3 aliphatic heterocycles. The van der Waals surface area contributed by atoms with E-state index in [0.717, 1.165) is 11.8 Å². The highest BCUT2D eigenvalue weighted by Crippen LogP contribution is 2.42. The van der Waals surface area contributed by atoms with Crippen molar-refractivity contribution in [3.63, 3.8) is 0 Å². The van der Waals surface area contributed by atoms with Crippen molar-refractivity contribution in [1.82, 2.24) is 14.8 Å². The monoisotopic (exact) mass is 1130 g/mol. The molecule has 18 atom stereocenters. The lowest BCUT2D eigenvalue weighted by Gasteiger charge is -2.50. The molecule has 0 spiro atoms. The number of aliphatic hydroxyl groups is 3. The van der Waals surface area contributed by atoms with Gasteiger partial charge in [-0.1, -0.05) is 33.8 Å². The number of Topliss-reactive ketones (excluding diaryl/α,β-unsaturated/α-hetero) is 1. The molecule has 0 amide bonds. The van der Waals surface area contributed by atoms with Gasteiger partial charge in [0.15, 0.2) is 12.6 Å². The van der Waals surface area contributed by atoms with E-state index < -0.39 is 141 Å². The Morgan fingerprint density at radius 3 is 2.19 bits per heavy atom. The quantitative estimate of drug-likeness (QED) is 0.0712.